The number of amides is 7. The van der Waals surface area contributed by atoms with Crippen LogP contribution < -0.4 is 16.0 Å². The molecule has 1 aromatic carbocycles. The van der Waals surface area contributed by atoms with Crippen LogP contribution in [-0.4, -0.2) is 88.3 Å². The van der Waals surface area contributed by atoms with E-state index < -0.39 is 5.92 Å². The molecule has 1 aromatic rings. The molecule has 7 amide bonds. The molecule has 41 heavy (non-hydrogen) atoms. The Labute approximate surface area is 240 Å². The van der Waals surface area contributed by atoms with Gasteiger partial charge in [-0.25, -0.2) is 9.59 Å². The smallest absolute Gasteiger partial charge is 0.327 e. The van der Waals surface area contributed by atoms with Crippen LogP contribution in [-0.2, 0) is 9.59 Å². The average Bonchev–Trinajstić information content (AvgIpc) is 3.75. The van der Waals surface area contributed by atoms with Crippen molar-refractivity contribution < 1.29 is 24.0 Å². The number of imide groups is 1. The van der Waals surface area contributed by atoms with Gasteiger partial charge in [-0.3, -0.25) is 19.3 Å². The summed E-state index contributed by atoms with van der Waals surface area (Å²) in [5, 5.41) is 8.77. The molecule has 0 bridgehead atoms. The van der Waals surface area contributed by atoms with E-state index in [1.807, 2.05) is 26.0 Å². The summed E-state index contributed by atoms with van der Waals surface area (Å²) in [6, 6.07) is 5.39. The van der Waals surface area contributed by atoms with Crippen LogP contribution in [0.5, 0.6) is 0 Å². The second kappa shape index (κ2) is 11.9. The number of fused-ring (bicyclic) bond motifs is 1. The molecule has 2 heterocycles. The molecule has 0 aromatic heterocycles. The summed E-state index contributed by atoms with van der Waals surface area (Å²) in [5.74, 6) is -0.617. The second-order valence-corrected chi connectivity index (χ2v) is 12.0. The predicted octanol–water partition coefficient (Wildman–Crippen LogP) is 2.94. The lowest BCUT2D eigenvalue weighted by Crippen LogP contribution is -2.65. The number of benzene rings is 1. The van der Waals surface area contributed by atoms with Crippen molar-refractivity contribution in [2.75, 3.05) is 25.0 Å². The van der Waals surface area contributed by atoms with Crippen molar-refractivity contribution in [2.24, 2.45) is 11.8 Å². The maximum absolute atomic E-state index is 13.4. The van der Waals surface area contributed by atoms with E-state index in [0.29, 0.717) is 43.2 Å². The van der Waals surface area contributed by atoms with Gasteiger partial charge < -0.3 is 25.8 Å². The first-order valence-electron chi connectivity index (χ1n) is 14.7. The van der Waals surface area contributed by atoms with Crippen molar-refractivity contribution in [3.8, 4) is 0 Å². The summed E-state index contributed by atoms with van der Waals surface area (Å²) >= 11 is 0. The number of nitrogens with one attached hydrogen (secondary N) is 3. The molecule has 3 fully saturated rings. The molecular weight excluding hydrogens is 524 g/mol. The van der Waals surface area contributed by atoms with E-state index in [2.05, 4.69) is 16.0 Å². The lowest BCUT2D eigenvalue weighted by molar-refractivity contribution is -0.139. The maximum atomic E-state index is 13.4. The molecule has 11 heteroatoms. The van der Waals surface area contributed by atoms with Crippen molar-refractivity contribution >= 4 is 35.5 Å². The quantitative estimate of drug-likeness (QED) is 0.439. The zero-order valence-electron chi connectivity index (χ0n) is 24.0. The van der Waals surface area contributed by atoms with Crippen molar-refractivity contribution in [1.82, 2.24) is 25.3 Å². The van der Waals surface area contributed by atoms with Crippen LogP contribution in [0.25, 0.3) is 0 Å². The largest absolute Gasteiger partial charge is 0.348 e. The van der Waals surface area contributed by atoms with Crippen LogP contribution in [0.15, 0.2) is 36.4 Å². The zero-order valence-corrected chi connectivity index (χ0v) is 24.0. The second-order valence-electron chi connectivity index (χ2n) is 12.0. The Balaban J connectivity index is 1.19. The normalized spacial score (nSPS) is 26.1. The average molecular weight is 565 g/mol. The van der Waals surface area contributed by atoms with Gasteiger partial charge in [0.15, 0.2) is 0 Å². The highest BCUT2D eigenvalue weighted by atomic mass is 16.2. The standard InChI is InChI=1S/C30H40N6O5/c1-18(2)36-26-12-11-23(15-25(26)28(39)35(30(36)41)16-20-9-10-20)33-29(40)34-13-5-8-24(17-34)32-27(38)21-6-4-7-22(14-21)31-19(3)37/h4,6-7,11-12,14,18,20,23-26H,5,8-10,13,15-17H2,1-3H3,(H,31,37)(H,32,38)(H,33,40)/t23?,24-,25?,26?/m1/s1. The fourth-order valence-electron chi connectivity index (χ4n) is 6.11. The number of urea groups is 2. The molecule has 4 atom stereocenters. The van der Waals surface area contributed by atoms with Gasteiger partial charge in [-0.2, -0.15) is 0 Å². The molecule has 0 radical (unpaired) electrons. The third-order valence-corrected chi connectivity index (χ3v) is 8.31. The number of piperidine rings is 1. The summed E-state index contributed by atoms with van der Waals surface area (Å²) in [4.78, 5) is 69.1. The third-order valence-electron chi connectivity index (χ3n) is 8.31. The van der Waals surface area contributed by atoms with Crippen LogP contribution in [0.2, 0.25) is 0 Å². The first kappa shape index (κ1) is 28.6. The van der Waals surface area contributed by atoms with Crippen LogP contribution in [0, 0.1) is 11.8 Å². The summed E-state index contributed by atoms with van der Waals surface area (Å²) in [6.07, 6.45) is 7.82. The van der Waals surface area contributed by atoms with Crippen LogP contribution in [0.1, 0.15) is 63.2 Å². The van der Waals surface area contributed by atoms with E-state index >= 15 is 0 Å². The Kier molecular flexibility index (Phi) is 8.32. The molecule has 2 aliphatic heterocycles. The molecule has 3 N–H and O–H groups in total. The molecular formula is C30H40N6O5. The molecule has 2 aliphatic carbocycles. The summed E-state index contributed by atoms with van der Waals surface area (Å²) in [7, 11) is 0. The van der Waals surface area contributed by atoms with Gasteiger partial charge in [-0.05, 0) is 70.1 Å². The van der Waals surface area contributed by atoms with Crippen LogP contribution >= 0.6 is 0 Å². The highest BCUT2D eigenvalue weighted by Crippen LogP contribution is 2.36. The van der Waals surface area contributed by atoms with Gasteiger partial charge >= 0.3 is 12.1 Å². The fourth-order valence-corrected chi connectivity index (χ4v) is 6.11. The molecule has 2 saturated heterocycles. The molecule has 0 spiro atoms. The molecule has 4 aliphatic rings. The van der Waals surface area contributed by atoms with E-state index in [0.717, 1.165) is 25.7 Å². The Morgan fingerprint density at radius 1 is 1.05 bits per heavy atom. The number of nitrogens with zero attached hydrogens (tertiary/aromatic N) is 3. The number of carbonyl (C=O) groups is 5. The van der Waals surface area contributed by atoms with Gasteiger partial charge in [0, 0.05) is 55.9 Å². The molecule has 220 valence electrons. The Hall–Kier alpha value is -3.89. The van der Waals surface area contributed by atoms with Gasteiger partial charge in [0.2, 0.25) is 11.8 Å². The van der Waals surface area contributed by atoms with E-state index in [4.69, 9.17) is 0 Å². The monoisotopic (exact) mass is 564 g/mol. The molecule has 1 saturated carbocycles. The van der Waals surface area contributed by atoms with E-state index in [9.17, 15) is 24.0 Å². The third kappa shape index (κ3) is 6.55. The number of carbonyl (C=O) groups excluding carboxylic acids is 5. The van der Waals surface area contributed by atoms with Crippen molar-refractivity contribution in [3.63, 3.8) is 0 Å². The minimum Gasteiger partial charge on any atom is -0.348 e. The minimum atomic E-state index is -0.397. The molecule has 3 unspecified atom stereocenters. The lowest BCUT2D eigenvalue weighted by atomic mass is 9.82. The number of anilines is 1. The predicted molar refractivity (Wildman–Crippen MR) is 153 cm³/mol. The SMILES string of the molecule is CC(=O)Nc1cccc(C(=O)N[C@@H]2CCCN(C(=O)NC3C=CC4C(C3)C(=O)N(CC3CC3)C(=O)N4C(C)C)C2)c1. The maximum Gasteiger partial charge on any atom is 0.327 e. The Morgan fingerprint density at radius 3 is 2.54 bits per heavy atom. The number of rotatable bonds is 7. The van der Waals surface area contributed by atoms with E-state index in [1.165, 1.54) is 11.8 Å². The number of hydrogen-bond acceptors (Lipinski definition) is 5. The van der Waals surface area contributed by atoms with Crippen LogP contribution in [0.3, 0.4) is 0 Å². The van der Waals surface area contributed by atoms with Crippen molar-refractivity contribution in [1.29, 1.82) is 0 Å². The highest BCUT2D eigenvalue weighted by Gasteiger charge is 2.49. The van der Waals surface area contributed by atoms with Crippen molar-refractivity contribution in [3.05, 3.63) is 42.0 Å². The van der Waals surface area contributed by atoms with Gasteiger partial charge in [0.05, 0.1) is 12.0 Å². The summed E-state index contributed by atoms with van der Waals surface area (Å²) in [6.45, 7) is 6.76. The highest BCUT2D eigenvalue weighted by molar-refractivity contribution is 5.99. The number of likely N-dealkylation sites (tertiary alicyclic amines) is 1. The fraction of sp³-hybridized carbons (Fsp3) is 0.567. The van der Waals surface area contributed by atoms with Gasteiger partial charge in [0.1, 0.15) is 0 Å². The Morgan fingerprint density at radius 2 is 1.83 bits per heavy atom. The first-order chi connectivity index (χ1) is 19.6. The van der Waals surface area contributed by atoms with Gasteiger partial charge in [0.25, 0.3) is 5.91 Å². The molecule has 11 nitrogen and oxygen atoms in total. The van der Waals surface area contributed by atoms with E-state index in [-0.39, 0.29) is 54.0 Å². The van der Waals surface area contributed by atoms with Gasteiger partial charge in [-0.15, -0.1) is 0 Å². The summed E-state index contributed by atoms with van der Waals surface area (Å²) < 4.78 is 0. The summed E-state index contributed by atoms with van der Waals surface area (Å²) in [5.41, 5.74) is 0.979. The first-order valence-corrected chi connectivity index (χ1v) is 14.7. The number of hydrogen-bond donors (Lipinski definition) is 3. The van der Waals surface area contributed by atoms with Crippen LogP contribution in [0.4, 0.5) is 15.3 Å². The van der Waals surface area contributed by atoms with E-state index in [1.54, 1.807) is 34.1 Å². The van der Waals surface area contributed by atoms with Gasteiger partial charge in [-0.1, -0.05) is 18.2 Å². The topological polar surface area (TPSA) is 131 Å². The lowest BCUT2D eigenvalue weighted by Gasteiger charge is -2.48. The van der Waals surface area contributed by atoms with Crippen molar-refractivity contribution in [2.45, 2.75) is 77.0 Å². The minimum absolute atomic E-state index is 0.0473. The Bertz CT molecular complexity index is 1240. The molecule has 5 rings (SSSR count). The zero-order chi connectivity index (χ0) is 29.3.